The Kier molecular flexibility index (Phi) is 8.60. The first-order valence-electron chi connectivity index (χ1n) is 7.82. The van der Waals surface area contributed by atoms with E-state index in [1.807, 2.05) is 19.1 Å². The first-order chi connectivity index (χ1) is 10.7. The largest absolute Gasteiger partial charge is 0.478 e. The number of halogens is 1. The van der Waals surface area contributed by atoms with Crippen molar-refractivity contribution in [3.63, 3.8) is 0 Å². The molecular formula is C16H27IN4O2. The summed E-state index contributed by atoms with van der Waals surface area (Å²) < 4.78 is 11.3. The van der Waals surface area contributed by atoms with Gasteiger partial charge in [-0.15, -0.1) is 24.0 Å². The number of hydrogen-bond donors (Lipinski definition) is 2. The van der Waals surface area contributed by atoms with Gasteiger partial charge < -0.3 is 20.1 Å². The molecule has 0 aromatic carbocycles. The quantitative estimate of drug-likeness (QED) is 0.409. The predicted octanol–water partition coefficient (Wildman–Crippen LogP) is 2.33. The summed E-state index contributed by atoms with van der Waals surface area (Å²) >= 11 is 0. The average Bonchev–Trinajstić information content (AvgIpc) is 2.96. The molecule has 1 aliphatic heterocycles. The number of pyridine rings is 1. The van der Waals surface area contributed by atoms with Crippen LogP contribution >= 0.6 is 24.0 Å². The molecule has 1 saturated heterocycles. The van der Waals surface area contributed by atoms with Crippen LogP contribution in [0.25, 0.3) is 0 Å². The van der Waals surface area contributed by atoms with Gasteiger partial charge in [0.2, 0.25) is 5.88 Å². The van der Waals surface area contributed by atoms with Gasteiger partial charge in [0, 0.05) is 38.5 Å². The normalized spacial score (nSPS) is 20.7. The second kappa shape index (κ2) is 9.92. The molecule has 1 fully saturated rings. The van der Waals surface area contributed by atoms with Crippen LogP contribution in [0.3, 0.4) is 0 Å². The molecule has 0 spiro atoms. The van der Waals surface area contributed by atoms with Gasteiger partial charge in [0.05, 0.1) is 12.2 Å². The fourth-order valence-electron chi connectivity index (χ4n) is 2.47. The maximum absolute atomic E-state index is 5.77. The van der Waals surface area contributed by atoms with Crippen molar-refractivity contribution in [3.05, 3.63) is 23.9 Å². The van der Waals surface area contributed by atoms with Crippen molar-refractivity contribution in [2.75, 3.05) is 26.8 Å². The van der Waals surface area contributed by atoms with Gasteiger partial charge in [0.1, 0.15) is 0 Å². The van der Waals surface area contributed by atoms with Crippen LogP contribution in [0.1, 0.15) is 32.3 Å². The van der Waals surface area contributed by atoms with Crippen LogP contribution in [0.2, 0.25) is 0 Å². The third-order valence-electron chi connectivity index (χ3n) is 3.73. The Morgan fingerprint density at radius 2 is 2.30 bits per heavy atom. The number of nitrogens with one attached hydrogen (secondary N) is 2. The Bertz CT molecular complexity index is 505. The van der Waals surface area contributed by atoms with Gasteiger partial charge in [-0.25, -0.2) is 4.98 Å². The van der Waals surface area contributed by atoms with Crippen LogP contribution in [0.4, 0.5) is 0 Å². The molecular weight excluding hydrogens is 407 g/mol. The Hall–Kier alpha value is -1.09. The monoisotopic (exact) mass is 434 g/mol. The molecule has 1 atom stereocenters. The maximum Gasteiger partial charge on any atom is 0.218 e. The third-order valence-corrected chi connectivity index (χ3v) is 3.73. The van der Waals surface area contributed by atoms with Crippen LogP contribution < -0.4 is 15.4 Å². The van der Waals surface area contributed by atoms with E-state index in [1.54, 1.807) is 13.2 Å². The van der Waals surface area contributed by atoms with Gasteiger partial charge in [-0.05, 0) is 32.8 Å². The first kappa shape index (κ1) is 20.0. The summed E-state index contributed by atoms with van der Waals surface area (Å²) in [4.78, 5) is 8.50. The molecule has 1 aromatic rings. The van der Waals surface area contributed by atoms with Crippen LogP contribution in [-0.2, 0) is 11.3 Å². The van der Waals surface area contributed by atoms with Crippen molar-refractivity contribution in [2.24, 2.45) is 4.99 Å². The Labute approximate surface area is 155 Å². The lowest BCUT2D eigenvalue weighted by Crippen LogP contribution is -2.45. The molecule has 7 heteroatoms. The number of aromatic nitrogens is 1. The zero-order chi connectivity index (χ0) is 15.8. The second-order valence-corrected chi connectivity index (χ2v) is 5.58. The summed E-state index contributed by atoms with van der Waals surface area (Å²) in [6, 6.07) is 3.91. The minimum Gasteiger partial charge on any atom is -0.478 e. The molecule has 0 bridgehead atoms. The summed E-state index contributed by atoms with van der Waals surface area (Å²) in [7, 11) is 1.76. The molecule has 130 valence electrons. The fraction of sp³-hybridized carbons (Fsp3) is 0.625. The van der Waals surface area contributed by atoms with Crippen LogP contribution in [0.15, 0.2) is 23.3 Å². The number of ether oxygens (including phenoxy) is 2. The summed E-state index contributed by atoms with van der Waals surface area (Å²) in [5.41, 5.74) is 0.915. The number of guanidine groups is 1. The summed E-state index contributed by atoms with van der Waals surface area (Å²) in [6.45, 7) is 6.89. The molecule has 1 aliphatic rings. The lowest BCUT2D eigenvalue weighted by Gasteiger charge is -2.24. The molecule has 2 heterocycles. The van der Waals surface area contributed by atoms with Gasteiger partial charge in [-0.3, -0.25) is 4.99 Å². The second-order valence-electron chi connectivity index (χ2n) is 5.58. The fourth-order valence-corrected chi connectivity index (χ4v) is 2.47. The van der Waals surface area contributed by atoms with E-state index in [-0.39, 0.29) is 29.6 Å². The molecule has 1 aromatic heterocycles. The summed E-state index contributed by atoms with van der Waals surface area (Å²) in [5, 5.41) is 6.62. The lowest BCUT2D eigenvalue weighted by atomic mass is 10.0. The standard InChI is InChI=1S/C16H26N4O2.HI/c1-4-21-14-13(7-5-9-18-14)11-19-15(17-3)20-12-16(2)8-6-10-22-16;/h5,7,9H,4,6,8,10-12H2,1-3H3,(H2,17,19,20);1H. The number of aliphatic imine (C=N–C) groups is 1. The van der Waals surface area contributed by atoms with Crippen LogP contribution in [0.5, 0.6) is 5.88 Å². The van der Waals surface area contributed by atoms with Crippen LogP contribution in [0, 0.1) is 0 Å². The third kappa shape index (κ3) is 6.14. The van der Waals surface area contributed by atoms with Crippen LogP contribution in [-0.4, -0.2) is 43.4 Å². The number of rotatable bonds is 6. The van der Waals surface area contributed by atoms with Gasteiger partial charge in [0.15, 0.2) is 5.96 Å². The van der Waals surface area contributed by atoms with Crippen molar-refractivity contribution >= 4 is 29.9 Å². The molecule has 0 aliphatic carbocycles. The van der Waals surface area contributed by atoms with E-state index >= 15 is 0 Å². The van der Waals surface area contributed by atoms with Gasteiger partial charge in [-0.2, -0.15) is 0 Å². The highest BCUT2D eigenvalue weighted by Gasteiger charge is 2.29. The van der Waals surface area contributed by atoms with Crippen molar-refractivity contribution in [3.8, 4) is 5.88 Å². The molecule has 2 N–H and O–H groups in total. The maximum atomic E-state index is 5.77. The van der Waals surface area contributed by atoms with E-state index < -0.39 is 0 Å². The zero-order valence-electron chi connectivity index (χ0n) is 14.1. The van der Waals surface area contributed by atoms with E-state index in [1.165, 1.54) is 0 Å². The SMILES string of the molecule is CCOc1ncccc1CNC(=NC)NCC1(C)CCCO1.I. The van der Waals surface area contributed by atoms with E-state index in [2.05, 4.69) is 27.5 Å². The number of nitrogens with zero attached hydrogens (tertiary/aromatic N) is 2. The van der Waals surface area contributed by atoms with Crippen molar-refractivity contribution in [1.29, 1.82) is 0 Å². The summed E-state index contributed by atoms with van der Waals surface area (Å²) in [5.74, 6) is 1.42. The number of hydrogen-bond acceptors (Lipinski definition) is 4. The molecule has 1 unspecified atom stereocenters. The minimum absolute atomic E-state index is 0. The van der Waals surface area contributed by atoms with Crippen molar-refractivity contribution in [2.45, 2.75) is 38.8 Å². The van der Waals surface area contributed by atoms with E-state index in [0.717, 1.165) is 37.5 Å². The van der Waals surface area contributed by atoms with Crippen molar-refractivity contribution < 1.29 is 9.47 Å². The average molecular weight is 434 g/mol. The molecule has 0 amide bonds. The van der Waals surface area contributed by atoms with E-state index in [9.17, 15) is 0 Å². The lowest BCUT2D eigenvalue weighted by molar-refractivity contribution is 0.0243. The van der Waals surface area contributed by atoms with Gasteiger partial charge >= 0.3 is 0 Å². The predicted molar refractivity (Wildman–Crippen MR) is 103 cm³/mol. The molecule has 23 heavy (non-hydrogen) atoms. The van der Waals surface area contributed by atoms with E-state index in [4.69, 9.17) is 9.47 Å². The molecule has 0 saturated carbocycles. The molecule has 6 nitrogen and oxygen atoms in total. The highest BCUT2D eigenvalue weighted by atomic mass is 127. The highest BCUT2D eigenvalue weighted by molar-refractivity contribution is 14.0. The van der Waals surface area contributed by atoms with Crippen molar-refractivity contribution in [1.82, 2.24) is 15.6 Å². The Morgan fingerprint density at radius 3 is 2.96 bits per heavy atom. The molecule has 0 radical (unpaired) electrons. The van der Waals surface area contributed by atoms with E-state index in [0.29, 0.717) is 19.0 Å². The zero-order valence-corrected chi connectivity index (χ0v) is 16.4. The minimum atomic E-state index is -0.0948. The molecule has 2 rings (SSSR count). The Morgan fingerprint density at radius 1 is 1.48 bits per heavy atom. The first-order valence-corrected chi connectivity index (χ1v) is 7.82. The summed E-state index contributed by atoms with van der Waals surface area (Å²) in [6.07, 6.45) is 3.94. The van der Waals surface area contributed by atoms with Gasteiger partial charge in [-0.1, -0.05) is 6.07 Å². The topological polar surface area (TPSA) is 67.8 Å². The smallest absolute Gasteiger partial charge is 0.218 e. The van der Waals surface area contributed by atoms with Gasteiger partial charge in [0.25, 0.3) is 0 Å². The Balaban J connectivity index is 0.00000264. The highest BCUT2D eigenvalue weighted by Crippen LogP contribution is 2.23.